The summed E-state index contributed by atoms with van der Waals surface area (Å²) in [6, 6.07) is 9.97. The Morgan fingerprint density at radius 2 is 2.09 bits per heavy atom. The van der Waals surface area contributed by atoms with Crippen LogP contribution in [0.1, 0.15) is 28.9 Å². The predicted molar refractivity (Wildman–Crippen MR) is 86.3 cm³/mol. The van der Waals surface area contributed by atoms with Crippen molar-refractivity contribution in [3.05, 3.63) is 64.1 Å². The van der Waals surface area contributed by atoms with Crippen LogP contribution in [-0.2, 0) is 11.8 Å². The molecule has 2 rings (SSSR count). The summed E-state index contributed by atoms with van der Waals surface area (Å²) in [6.07, 6.45) is 6.17. The van der Waals surface area contributed by atoms with Gasteiger partial charge in [-0.25, -0.2) is 4.79 Å². The topological polar surface area (TPSA) is 57.5 Å². The van der Waals surface area contributed by atoms with Gasteiger partial charge in [-0.1, -0.05) is 24.1 Å². The summed E-state index contributed by atoms with van der Waals surface area (Å²) in [7, 11) is 1.61. The van der Waals surface area contributed by atoms with Crippen molar-refractivity contribution in [1.82, 2.24) is 4.57 Å². The number of pyridine rings is 1. The quantitative estimate of drug-likeness (QED) is 0.628. The first-order valence-corrected chi connectivity index (χ1v) is 7.05. The zero-order valence-corrected chi connectivity index (χ0v) is 13.0. The fourth-order valence-corrected chi connectivity index (χ4v) is 2.03. The molecule has 0 spiro atoms. The summed E-state index contributed by atoms with van der Waals surface area (Å²) >= 11 is 0. The van der Waals surface area contributed by atoms with Gasteiger partial charge < -0.3 is 14.0 Å². The van der Waals surface area contributed by atoms with Crippen molar-refractivity contribution in [2.24, 2.45) is 7.05 Å². The molecule has 0 bridgehead atoms. The highest BCUT2D eigenvalue weighted by atomic mass is 16.5. The van der Waals surface area contributed by atoms with Gasteiger partial charge in [0, 0.05) is 24.9 Å². The lowest BCUT2D eigenvalue weighted by Crippen LogP contribution is -2.18. The molecule has 0 N–H and O–H groups in total. The van der Waals surface area contributed by atoms with Gasteiger partial charge in [0.1, 0.15) is 18.5 Å². The van der Waals surface area contributed by atoms with Crippen LogP contribution in [0.25, 0.3) is 0 Å². The van der Waals surface area contributed by atoms with Crippen LogP contribution in [0.4, 0.5) is 0 Å². The van der Waals surface area contributed by atoms with E-state index in [1.54, 1.807) is 26.1 Å². The molecule has 0 aliphatic carbocycles. The lowest BCUT2D eigenvalue weighted by atomic mass is 10.1. The summed E-state index contributed by atoms with van der Waals surface area (Å²) in [4.78, 5) is 23.8. The molecule has 23 heavy (non-hydrogen) atoms. The molecule has 1 heterocycles. The third-order valence-corrected chi connectivity index (χ3v) is 3.29. The number of aryl methyl sites for hydroxylation is 1. The molecule has 1 aromatic heterocycles. The highest BCUT2D eigenvalue weighted by Gasteiger charge is 2.17. The van der Waals surface area contributed by atoms with E-state index in [9.17, 15) is 9.59 Å². The number of nitrogens with zero attached hydrogens (tertiary/aromatic N) is 1. The van der Waals surface area contributed by atoms with Crippen LogP contribution in [0.15, 0.2) is 47.4 Å². The highest BCUT2D eigenvalue weighted by Crippen LogP contribution is 2.27. The van der Waals surface area contributed by atoms with E-state index < -0.39 is 12.1 Å². The van der Waals surface area contributed by atoms with Crippen molar-refractivity contribution in [3.8, 4) is 18.1 Å². The first kappa shape index (κ1) is 16.4. The molecule has 0 saturated heterocycles. The fraction of sp³-hybridized carbons (Fsp3) is 0.222. The van der Waals surface area contributed by atoms with Crippen molar-refractivity contribution in [3.63, 3.8) is 0 Å². The number of carbonyl (C=O) groups excluding carboxylic acids is 1. The minimum absolute atomic E-state index is 0.131. The van der Waals surface area contributed by atoms with Crippen LogP contribution in [0.3, 0.4) is 0 Å². The maximum atomic E-state index is 12.2. The predicted octanol–water partition coefficient (Wildman–Crippen LogP) is 2.32. The minimum atomic E-state index is -0.568. The Labute approximate surface area is 134 Å². The second-order valence-corrected chi connectivity index (χ2v) is 4.94. The molecule has 0 aliphatic rings. The van der Waals surface area contributed by atoms with Crippen molar-refractivity contribution in [1.29, 1.82) is 0 Å². The van der Waals surface area contributed by atoms with Crippen LogP contribution < -0.4 is 10.3 Å². The number of hydrogen-bond donors (Lipinski definition) is 0. The van der Waals surface area contributed by atoms with Crippen LogP contribution >= 0.6 is 0 Å². The van der Waals surface area contributed by atoms with Gasteiger partial charge in [-0.2, -0.15) is 0 Å². The lowest BCUT2D eigenvalue weighted by Gasteiger charge is -2.17. The number of hydrogen-bond acceptors (Lipinski definition) is 4. The minimum Gasteiger partial charge on any atom is -0.481 e. The Hall–Kier alpha value is -3.00. The van der Waals surface area contributed by atoms with Crippen LogP contribution in [0.5, 0.6) is 5.75 Å². The number of benzene rings is 1. The summed E-state index contributed by atoms with van der Waals surface area (Å²) in [5.41, 5.74) is 0.645. The Morgan fingerprint density at radius 3 is 2.78 bits per heavy atom. The van der Waals surface area contributed by atoms with Crippen molar-refractivity contribution in [2.45, 2.75) is 13.0 Å². The molecule has 0 fully saturated rings. The molecule has 2 aromatic rings. The Morgan fingerprint density at radius 1 is 1.35 bits per heavy atom. The molecule has 5 heteroatoms. The number of esters is 1. The third-order valence-electron chi connectivity index (χ3n) is 3.29. The number of terminal acetylenes is 1. The number of ether oxygens (including phenoxy) is 2. The smallest absolute Gasteiger partial charge is 0.338 e. The molecule has 1 atom stereocenters. The Bertz CT molecular complexity index is 801. The largest absolute Gasteiger partial charge is 0.481 e. The maximum Gasteiger partial charge on any atom is 0.338 e. The SMILES string of the molecule is C#CCOc1ccccc1[C@@H](C)OC(=O)c1ccn(C)c(=O)c1. The molecule has 0 amide bonds. The zero-order valence-electron chi connectivity index (χ0n) is 13.0. The van der Waals surface area contributed by atoms with E-state index in [-0.39, 0.29) is 17.7 Å². The number of aromatic nitrogens is 1. The van der Waals surface area contributed by atoms with Crippen molar-refractivity contribution in [2.75, 3.05) is 6.61 Å². The summed E-state index contributed by atoms with van der Waals surface area (Å²) in [5.74, 6) is 2.39. The molecule has 5 nitrogen and oxygen atoms in total. The van der Waals surface area contributed by atoms with Gasteiger partial charge in [0.05, 0.1) is 5.56 Å². The summed E-state index contributed by atoms with van der Waals surface area (Å²) in [5, 5.41) is 0. The molecule has 1 aromatic carbocycles. The second-order valence-electron chi connectivity index (χ2n) is 4.94. The zero-order chi connectivity index (χ0) is 16.8. The monoisotopic (exact) mass is 311 g/mol. The highest BCUT2D eigenvalue weighted by molar-refractivity contribution is 5.89. The van der Waals surface area contributed by atoms with E-state index >= 15 is 0 Å². The van der Waals surface area contributed by atoms with E-state index in [1.165, 1.54) is 22.9 Å². The van der Waals surface area contributed by atoms with Gasteiger partial charge in [-0.15, -0.1) is 6.42 Å². The fourth-order valence-electron chi connectivity index (χ4n) is 2.03. The average molecular weight is 311 g/mol. The van der Waals surface area contributed by atoms with E-state index in [1.807, 2.05) is 12.1 Å². The van der Waals surface area contributed by atoms with Gasteiger partial charge >= 0.3 is 5.97 Å². The number of rotatable bonds is 5. The lowest BCUT2D eigenvalue weighted by molar-refractivity contribution is 0.0332. The molecular formula is C18H17NO4. The molecule has 0 saturated carbocycles. The van der Waals surface area contributed by atoms with E-state index in [0.29, 0.717) is 11.3 Å². The molecular weight excluding hydrogens is 294 g/mol. The number of para-hydroxylation sites is 1. The third kappa shape index (κ3) is 4.01. The average Bonchev–Trinajstić information content (AvgIpc) is 2.55. The van der Waals surface area contributed by atoms with Crippen LogP contribution in [0.2, 0.25) is 0 Å². The summed E-state index contributed by atoms with van der Waals surface area (Å²) in [6.45, 7) is 1.86. The maximum absolute atomic E-state index is 12.2. The van der Waals surface area contributed by atoms with Crippen LogP contribution in [0, 0.1) is 12.3 Å². The Balaban J connectivity index is 2.17. The van der Waals surface area contributed by atoms with Crippen LogP contribution in [-0.4, -0.2) is 17.1 Å². The first-order chi connectivity index (χ1) is 11.0. The molecule has 118 valence electrons. The van der Waals surface area contributed by atoms with Gasteiger partial charge in [0.25, 0.3) is 5.56 Å². The first-order valence-electron chi connectivity index (χ1n) is 7.05. The van der Waals surface area contributed by atoms with E-state index in [4.69, 9.17) is 15.9 Å². The Kier molecular flexibility index (Phi) is 5.21. The van der Waals surface area contributed by atoms with Gasteiger partial charge in [-0.3, -0.25) is 4.79 Å². The standard InChI is InChI=1S/C18H17NO4/c1-4-11-22-16-8-6-5-7-15(16)13(2)23-18(21)14-9-10-19(3)17(20)12-14/h1,5-10,12-13H,11H2,2-3H3/t13-/m1/s1. The van der Waals surface area contributed by atoms with E-state index in [0.717, 1.165) is 0 Å². The number of carbonyl (C=O) groups is 1. The second kappa shape index (κ2) is 7.32. The molecule has 0 radical (unpaired) electrons. The van der Waals surface area contributed by atoms with E-state index in [2.05, 4.69) is 5.92 Å². The molecule has 0 aliphatic heterocycles. The summed E-state index contributed by atoms with van der Waals surface area (Å²) < 4.78 is 12.2. The van der Waals surface area contributed by atoms with Crippen molar-refractivity contribution >= 4 is 5.97 Å². The molecule has 0 unspecified atom stereocenters. The van der Waals surface area contributed by atoms with Gasteiger partial charge in [-0.05, 0) is 19.1 Å². The van der Waals surface area contributed by atoms with Crippen molar-refractivity contribution < 1.29 is 14.3 Å². The normalized spacial score (nSPS) is 11.3. The van der Waals surface area contributed by atoms with Gasteiger partial charge in [0.2, 0.25) is 0 Å². The van der Waals surface area contributed by atoms with Gasteiger partial charge in [0.15, 0.2) is 0 Å².